The maximum absolute atomic E-state index is 6.10. The SMILES string of the molecule is CCCCCCC(N)C(C)CCCCl. The van der Waals surface area contributed by atoms with Crippen molar-refractivity contribution < 1.29 is 0 Å². The zero-order valence-corrected chi connectivity index (χ0v) is 10.5. The lowest BCUT2D eigenvalue weighted by Crippen LogP contribution is -2.28. The highest BCUT2D eigenvalue weighted by Crippen LogP contribution is 2.15. The van der Waals surface area contributed by atoms with Gasteiger partial charge in [0.05, 0.1) is 0 Å². The summed E-state index contributed by atoms with van der Waals surface area (Å²) in [6.07, 6.45) is 8.75. The van der Waals surface area contributed by atoms with Crippen LogP contribution in [0.4, 0.5) is 0 Å². The number of hydrogen-bond donors (Lipinski definition) is 1. The van der Waals surface area contributed by atoms with E-state index in [1.807, 2.05) is 0 Å². The van der Waals surface area contributed by atoms with Crippen LogP contribution in [-0.4, -0.2) is 11.9 Å². The van der Waals surface area contributed by atoms with Crippen LogP contribution in [0.2, 0.25) is 0 Å². The van der Waals surface area contributed by atoms with Gasteiger partial charge in [0.1, 0.15) is 0 Å². The zero-order valence-electron chi connectivity index (χ0n) is 9.77. The second-order valence-corrected chi connectivity index (χ2v) is 4.70. The molecule has 0 aromatic heterocycles. The molecule has 2 unspecified atom stereocenters. The van der Waals surface area contributed by atoms with E-state index in [0.717, 1.165) is 12.3 Å². The van der Waals surface area contributed by atoms with Gasteiger partial charge in [-0.1, -0.05) is 39.5 Å². The van der Waals surface area contributed by atoms with Crippen molar-refractivity contribution in [1.82, 2.24) is 0 Å². The standard InChI is InChI=1S/C12H26ClN/c1-3-4-5-6-9-12(14)11(2)8-7-10-13/h11-12H,3-10,14H2,1-2H3. The molecule has 0 amide bonds. The van der Waals surface area contributed by atoms with Crippen LogP contribution in [0.1, 0.15) is 58.8 Å². The molecule has 0 aliphatic carbocycles. The van der Waals surface area contributed by atoms with Gasteiger partial charge in [0.25, 0.3) is 0 Å². The van der Waals surface area contributed by atoms with Gasteiger partial charge in [-0.2, -0.15) is 0 Å². The lowest BCUT2D eigenvalue weighted by molar-refractivity contribution is 0.390. The molecular weight excluding hydrogens is 194 g/mol. The van der Waals surface area contributed by atoms with Crippen molar-refractivity contribution in [3.8, 4) is 0 Å². The Balaban J connectivity index is 3.36. The summed E-state index contributed by atoms with van der Waals surface area (Å²) in [5, 5.41) is 0. The van der Waals surface area contributed by atoms with E-state index in [1.54, 1.807) is 0 Å². The van der Waals surface area contributed by atoms with Gasteiger partial charge in [0.2, 0.25) is 0 Å². The molecule has 0 aliphatic heterocycles. The third-order valence-electron chi connectivity index (χ3n) is 2.92. The molecule has 0 fully saturated rings. The summed E-state index contributed by atoms with van der Waals surface area (Å²) in [4.78, 5) is 0. The molecule has 0 radical (unpaired) electrons. The van der Waals surface area contributed by atoms with Crippen molar-refractivity contribution in [2.75, 3.05) is 5.88 Å². The number of halogens is 1. The van der Waals surface area contributed by atoms with Crippen molar-refractivity contribution >= 4 is 11.6 Å². The summed E-state index contributed by atoms with van der Waals surface area (Å²) in [5.41, 5.74) is 6.10. The van der Waals surface area contributed by atoms with Crippen molar-refractivity contribution in [3.63, 3.8) is 0 Å². The molecule has 14 heavy (non-hydrogen) atoms. The fourth-order valence-electron chi connectivity index (χ4n) is 1.70. The third kappa shape index (κ3) is 7.64. The summed E-state index contributed by atoms with van der Waals surface area (Å²) in [6.45, 7) is 4.49. The second-order valence-electron chi connectivity index (χ2n) is 4.32. The number of nitrogens with two attached hydrogens (primary N) is 1. The molecule has 0 aromatic carbocycles. The molecule has 0 bridgehead atoms. The van der Waals surface area contributed by atoms with E-state index in [-0.39, 0.29) is 0 Å². The summed E-state index contributed by atoms with van der Waals surface area (Å²) >= 11 is 5.66. The van der Waals surface area contributed by atoms with Gasteiger partial charge in [0.15, 0.2) is 0 Å². The van der Waals surface area contributed by atoms with Crippen LogP contribution in [0.25, 0.3) is 0 Å². The predicted octanol–water partition coefficient (Wildman–Crippen LogP) is 3.94. The predicted molar refractivity (Wildman–Crippen MR) is 65.9 cm³/mol. The average molecular weight is 220 g/mol. The normalized spacial score (nSPS) is 15.4. The smallest absolute Gasteiger partial charge is 0.0223 e. The highest BCUT2D eigenvalue weighted by Gasteiger charge is 2.11. The Morgan fingerprint density at radius 3 is 2.36 bits per heavy atom. The van der Waals surface area contributed by atoms with Crippen molar-refractivity contribution in [1.29, 1.82) is 0 Å². The molecule has 1 nitrogen and oxygen atoms in total. The van der Waals surface area contributed by atoms with E-state index in [0.29, 0.717) is 12.0 Å². The molecule has 0 spiro atoms. The highest BCUT2D eigenvalue weighted by molar-refractivity contribution is 6.17. The first-order valence-electron chi connectivity index (χ1n) is 6.03. The van der Waals surface area contributed by atoms with Crippen LogP contribution in [0.3, 0.4) is 0 Å². The molecule has 2 N–H and O–H groups in total. The van der Waals surface area contributed by atoms with E-state index < -0.39 is 0 Å². The first kappa shape index (κ1) is 14.2. The highest BCUT2D eigenvalue weighted by atomic mass is 35.5. The Labute approximate surface area is 94.4 Å². The first-order chi connectivity index (χ1) is 6.72. The molecule has 2 heteroatoms. The Morgan fingerprint density at radius 2 is 1.79 bits per heavy atom. The lowest BCUT2D eigenvalue weighted by atomic mass is 9.93. The van der Waals surface area contributed by atoms with Gasteiger partial charge in [0, 0.05) is 11.9 Å². The Bertz CT molecular complexity index is 117. The lowest BCUT2D eigenvalue weighted by Gasteiger charge is -2.19. The summed E-state index contributed by atoms with van der Waals surface area (Å²) < 4.78 is 0. The van der Waals surface area contributed by atoms with Crippen LogP contribution in [0, 0.1) is 5.92 Å². The van der Waals surface area contributed by atoms with Gasteiger partial charge in [-0.15, -0.1) is 11.6 Å². The largest absolute Gasteiger partial charge is 0.327 e. The van der Waals surface area contributed by atoms with Crippen molar-refractivity contribution in [3.05, 3.63) is 0 Å². The van der Waals surface area contributed by atoms with Gasteiger partial charge >= 0.3 is 0 Å². The molecule has 0 saturated heterocycles. The summed E-state index contributed by atoms with van der Waals surface area (Å²) in [6, 6.07) is 0.384. The molecular formula is C12H26ClN. The van der Waals surface area contributed by atoms with Gasteiger partial charge in [-0.3, -0.25) is 0 Å². The fraction of sp³-hybridized carbons (Fsp3) is 1.00. The van der Waals surface area contributed by atoms with Crippen molar-refractivity contribution in [2.24, 2.45) is 11.7 Å². The van der Waals surface area contributed by atoms with Crippen LogP contribution >= 0.6 is 11.6 Å². The van der Waals surface area contributed by atoms with E-state index in [1.165, 1.54) is 38.5 Å². The quantitative estimate of drug-likeness (QED) is 0.462. The van der Waals surface area contributed by atoms with Crippen molar-refractivity contribution in [2.45, 2.75) is 64.8 Å². The van der Waals surface area contributed by atoms with E-state index in [2.05, 4.69) is 13.8 Å². The minimum absolute atomic E-state index is 0.384. The van der Waals surface area contributed by atoms with E-state index in [9.17, 15) is 0 Å². The fourth-order valence-corrected chi connectivity index (χ4v) is 1.86. The second kappa shape index (κ2) is 9.79. The van der Waals surface area contributed by atoms with Gasteiger partial charge in [-0.05, 0) is 25.2 Å². The van der Waals surface area contributed by atoms with Crippen LogP contribution < -0.4 is 5.73 Å². The minimum Gasteiger partial charge on any atom is -0.327 e. The molecule has 0 heterocycles. The first-order valence-corrected chi connectivity index (χ1v) is 6.57. The molecule has 0 rings (SSSR count). The Morgan fingerprint density at radius 1 is 1.07 bits per heavy atom. The van der Waals surface area contributed by atoms with Gasteiger partial charge < -0.3 is 5.73 Å². The average Bonchev–Trinajstić information content (AvgIpc) is 2.20. The summed E-state index contributed by atoms with van der Waals surface area (Å²) in [5.74, 6) is 1.41. The zero-order chi connectivity index (χ0) is 10.8. The number of rotatable bonds is 9. The Hall–Kier alpha value is 0.250. The van der Waals surface area contributed by atoms with Crippen LogP contribution in [-0.2, 0) is 0 Å². The maximum atomic E-state index is 6.10. The molecule has 0 saturated carbocycles. The molecule has 86 valence electrons. The number of hydrogen-bond acceptors (Lipinski definition) is 1. The Kier molecular flexibility index (Phi) is 9.97. The monoisotopic (exact) mass is 219 g/mol. The van der Waals surface area contributed by atoms with E-state index >= 15 is 0 Å². The van der Waals surface area contributed by atoms with Crippen LogP contribution in [0.15, 0.2) is 0 Å². The maximum Gasteiger partial charge on any atom is 0.0223 e. The summed E-state index contributed by atoms with van der Waals surface area (Å²) in [7, 11) is 0. The molecule has 2 atom stereocenters. The molecule has 0 aliphatic rings. The van der Waals surface area contributed by atoms with E-state index in [4.69, 9.17) is 17.3 Å². The van der Waals surface area contributed by atoms with Gasteiger partial charge in [-0.25, -0.2) is 0 Å². The van der Waals surface area contributed by atoms with Crippen LogP contribution in [0.5, 0.6) is 0 Å². The third-order valence-corrected chi connectivity index (χ3v) is 3.18. The minimum atomic E-state index is 0.384. The molecule has 0 aromatic rings. The number of alkyl halides is 1. The number of unbranched alkanes of at least 4 members (excludes halogenated alkanes) is 3. The topological polar surface area (TPSA) is 26.0 Å².